The lowest BCUT2D eigenvalue weighted by atomic mass is 9.98. The van der Waals surface area contributed by atoms with E-state index in [2.05, 4.69) is 10.3 Å². The van der Waals surface area contributed by atoms with Gasteiger partial charge in [-0.2, -0.15) is 0 Å². The summed E-state index contributed by atoms with van der Waals surface area (Å²) < 4.78 is 5.90. The average Bonchev–Trinajstić information content (AvgIpc) is 3.36. The summed E-state index contributed by atoms with van der Waals surface area (Å²) in [5.74, 6) is -0.870. The summed E-state index contributed by atoms with van der Waals surface area (Å²) in [5.41, 5.74) is -0.339. The molecule has 6 nitrogen and oxygen atoms in total. The lowest BCUT2D eigenvalue weighted by Gasteiger charge is -2.22. The maximum atomic E-state index is 12.0. The summed E-state index contributed by atoms with van der Waals surface area (Å²) in [6, 6.07) is 3.61. The molecule has 0 bridgehead atoms. The van der Waals surface area contributed by atoms with E-state index in [9.17, 15) is 9.59 Å². The molecule has 124 valence electrons. The Kier molecular flexibility index (Phi) is 4.50. The third-order valence-corrected chi connectivity index (χ3v) is 4.69. The van der Waals surface area contributed by atoms with Gasteiger partial charge in [-0.3, -0.25) is 9.59 Å². The van der Waals surface area contributed by atoms with Crippen LogP contribution in [0.15, 0.2) is 18.3 Å². The molecule has 2 N–H and O–H groups in total. The van der Waals surface area contributed by atoms with Crippen molar-refractivity contribution in [3.8, 4) is 5.88 Å². The Hall–Kier alpha value is -2.11. The Morgan fingerprint density at radius 2 is 2.04 bits per heavy atom. The first-order valence-electron chi connectivity index (χ1n) is 8.23. The van der Waals surface area contributed by atoms with Gasteiger partial charge in [-0.25, -0.2) is 4.98 Å². The number of hydrogen-bond acceptors (Lipinski definition) is 4. The summed E-state index contributed by atoms with van der Waals surface area (Å²) in [6.07, 6.45) is 8.49. The van der Waals surface area contributed by atoms with Crippen LogP contribution in [0.2, 0.25) is 0 Å². The number of carboxylic acid groups (broad SMARTS) is 1. The molecule has 0 spiro atoms. The van der Waals surface area contributed by atoms with Crippen molar-refractivity contribution in [2.45, 2.75) is 57.6 Å². The Morgan fingerprint density at radius 3 is 2.70 bits per heavy atom. The van der Waals surface area contributed by atoms with Gasteiger partial charge in [0.2, 0.25) is 11.8 Å². The summed E-state index contributed by atoms with van der Waals surface area (Å²) >= 11 is 0. The fraction of sp³-hybridized carbons (Fsp3) is 0.588. The van der Waals surface area contributed by atoms with Crippen LogP contribution in [-0.4, -0.2) is 28.1 Å². The van der Waals surface area contributed by atoms with Gasteiger partial charge in [0.25, 0.3) is 0 Å². The molecular weight excluding hydrogens is 296 g/mol. The van der Waals surface area contributed by atoms with E-state index in [1.807, 2.05) is 6.07 Å². The number of ether oxygens (including phenoxy) is 1. The molecule has 2 aliphatic carbocycles. The molecule has 2 saturated carbocycles. The van der Waals surface area contributed by atoms with E-state index in [0.29, 0.717) is 18.7 Å². The van der Waals surface area contributed by atoms with E-state index in [-0.39, 0.29) is 12.6 Å². The lowest BCUT2D eigenvalue weighted by molar-refractivity contribution is -0.149. The first kappa shape index (κ1) is 15.8. The smallest absolute Gasteiger partial charge is 0.319 e. The number of rotatable bonds is 6. The minimum Gasteiger partial charge on any atom is -0.480 e. The number of carboxylic acids is 1. The van der Waals surface area contributed by atoms with Crippen LogP contribution in [-0.2, 0) is 16.1 Å². The van der Waals surface area contributed by atoms with Gasteiger partial charge in [0.1, 0.15) is 11.5 Å². The first-order chi connectivity index (χ1) is 11.1. The van der Waals surface area contributed by atoms with E-state index in [4.69, 9.17) is 9.84 Å². The second-order valence-electron chi connectivity index (χ2n) is 6.45. The molecule has 0 atom stereocenters. The fourth-order valence-corrected chi connectivity index (χ4v) is 2.99. The van der Waals surface area contributed by atoms with E-state index < -0.39 is 17.3 Å². The van der Waals surface area contributed by atoms with E-state index in [0.717, 1.165) is 18.4 Å². The highest BCUT2D eigenvalue weighted by Crippen LogP contribution is 2.46. The highest BCUT2D eigenvalue weighted by molar-refractivity contribution is 6.04. The predicted molar refractivity (Wildman–Crippen MR) is 82.9 cm³/mol. The quantitative estimate of drug-likeness (QED) is 0.786. The summed E-state index contributed by atoms with van der Waals surface area (Å²) in [7, 11) is 0. The summed E-state index contributed by atoms with van der Waals surface area (Å²) in [5, 5.41) is 11.8. The molecule has 2 aliphatic rings. The van der Waals surface area contributed by atoms with Crippen LogP contribution in [0.25, 0.3) is 0 Å². The molecule has 0 radical (unpaired) electrons. The lowest BCUT2D eigenvalue weighted by Crippen LogP contribution is -2.36. The normalized spacial score (nSPS) is 19.8. The van der Waals surface area contributed by atoms with Crippen molar-refractivity contribution in [1.82, 2.24) is 10.3 Å². The minimum absolute atomic E-state index is 0.225. The van der Waals surface area contributed by atoms with Crippen molar-refractivity contribution >= 4 is 11.9 Å². The number of hydrogen-bond donors (Lipinski definition) is 2. The monoisotopic (exact) mass is 318 g/mol. The molecule has 6 heteroatoms. The van der Waals surface area contributed by atoms with Gasteiger partial charge in [0, 0.05) is 18.8 Å². The maximum Gasteiger partial charge on any atom is 0.319 e. The number of aliphatic carboxylic acids is 1. The van der Waals surface area contributed by atoms with E-state index in [1.165, 1.54) is 19.3 Å². The molecule has 23 heavy (non-hydrogen) atoms. The average molecular weight is 318 g/mol. The van der Waals surface area contributed by atoms with Gasteiger partial charge in [0.05, 0.1) is 0 Å². The minimum atomic E-state index is -1.20. The molecule has 3 rings (SSSR count). The molecule has 1 aromatic heterocycles. The maximum absolute atomic E-state index is 12.0. The topological polar surface area (TPSA) is 88.5 Å². The van der Waals surface area contributed by atoms with Gasteiger partial charge in [-0.05, 0) is 50.2 Å². The number of carbonyl (C=O) groups is 2. The zero-order chi connectivity index (χ0) is 16.3. The van der Waals surface area contributed by atoms with Crippen LogP contribution in [0.5, 0.6) is 5.88 Å². The second-order valence-corrected chi connectivity index (χ2v) is 6.45. The highest BCUT2D eigenvalue weighted by Gasteiger charge is 2.56. The Balaban J connectivity index is 1.55. The number of carbonyl (C=O) groups excluding carboxylic acids is 1. The van der Waals surface area contributed by atoms with Gasteiger partial charge < -0.3 is 15.2 Å². The van der Waals surface area contributed by atoms with Crippen molar-refractivity contribution in [3.05, 3.63) is 23.9 Å². The molecule has 0 aliphatic heterocycles. The van der Waals surface area contributed by atoms with Gasteiger partial charge in [0.15, 0.2) is 0 Å². The Morgan fingerprint density at radius 1 is 1.30 bits per heavy atom. The van der Waals surface area contributed by atoms with Gasteiger partial charge >= 0.3 is 5.97 Å². The van der Waals surface area contributed by atoms with Crippen LogP contribution in [0.3, 0.4) is 0 Å². The van der Waals surface area contributed by atoms with Crippen LogP contribution in [0.4, 0.5) is 0 Å². The molecule has 0 aromatic carbocycles. The molecule has 0 saturated heterocycles. The standard InChI is InChI=1S/C17H22N2O4/c20-15(17(7-8-17)16(21)22)19-11-12-6-9-18-14(10-12)23-13-4-2-1-3-5-13/h6,9-10,13H,1-5,7-8,11H2,(H,19,20)(H,21,22). The van der Waals surface area contributed by atoms with Crippen molar-refractivity contribution in [3.63, 3.8) is 0 Å². The molecule has 0 unspecified atom stereocenters. The van der Waals surface area contributed by atoms with Crippen LogP contribution >= 0.6 is 0 Å². The van der Waals surface area contributed by atoms with E-state index in [1.54, 1.807) is 12.3 Å². The van der Waals surface area contributed by atoms with Crippen molar-refractivity contribution in [2.75, 3.05) is 0 Å². The SMILES string of the molecule is O=C(O)C1(C(=O)NCc2ccnc(OC3CCCCC3)c2)CC1. The highest BCUT2D eigenvalue weighted by atomic mass is 16.5. The van der Waals surface area contributed by atoms with Crippen LogP contribution in [0.1, 0.15) is 50.5 Å². The summed E-state index contributed by atoms with van der Waals surface area (Å²) in [6.45, 7) is 0.289. The Bertz CT molecular complexity index is 592. The molecule has 2 fully saturated rings. The Labute approximate surface area is 135 Å². The molecular formula is C17H22N2O4. The molecule has 1 heterocycles. The largest absolute Gasteiger partial charge is 0.480 e. The number of nitrogens with one attached hydrogen (secondary N) is 1. The number of amides is 1. The predicted octanol–water partition coefficient (Wildman–Crippen LogP) is 2.27. The zero-order valence-electron chi connectivity index (χ0n) is 13.1. The number of aromatic nitrogens is 1. The molecule has 1 aromatic rings. The number of pyridine rings is 1. The third-order valence-electron chi connectivity index (χ3n) is 4.69. The van der Waals surface area contributed by atoms with Gasteiger partial charge in [-0.15, -0.1) is 0 Å². The molecule has 1 amide bonds. The van der Waals surface area contributed by atoms with Crippen molar-refractivity contribution in [2.24, 2.45) is 5.41 Å². The fourth-order valence-electron chi connectivity index (χ4n) is 2.99. The van der Waals surface area contributed by atoms with E-state index >= 15 is 0 Å². The number of nitrogens with zero attached hydrogens (tertiary/aromatic N) is 1. The second kappa shape index (κ2) is 6.56. The third kappa shape index (κ3) is 3.63. The van der Waals surface area contributed by atoms with Crippen LogP contribution < -0.4 is 10.1 Å². The van der Waals surface area contributed by atoms with Gasteiger partial charge in [-0.1, -0.05) is 6.42 Å². The summed E-state index contributed by atoms with van der Waals surface area (Å²) in [4.78, 5) is 27.3. The van der Waals surface area contributed by atoms with Crippen LogP contribution in [0, 0.1) is 5.41 Å². The first-order valence-corrected chi connectivity index (χ1v) is 8.23. The van der Waals surface area contributed by atoms with Crippen molar-refractivity contribution in [1.29, 1.82) is 0 Å². The zero-order valence-corrected chi connectivity index (χ0v) is 13.1. The van der Waals surface area contributed by atoms with Crippen molar-refractivity contribution < 1.29 is 19.4 Å².